The lowest BCUT2D eigenvalue weighted by Crippen LogP contribution is -2.20. The first kappa shape index (κ1) is 17.3. The molecule has 5 nitrogen and oxygen atoms in total. The predicted octanol–water partition coefficient (Wildman–Crippen LogP) is 3.46. The van der Waals surface area contributed by atoms with Crippen molar-refractivity contribution < 1.29 is 13.2 Å². The summed E-state index contributed by atoms with van der Waals surface area (Å²) in [7, 11) is 0. The Balaban J connectivity index is 2.01. The number of hydrogen-bond acceptors (Lipinski definition) is 5. The Hall–Kier alpha value is -2.51. The number of benzene rings is 1. The molecule has 1 aromatic carbocycles. The van der Waals surface area contributed by atoms with E-state index in [1.807, 2.05) is 6.07 Å². The van der Waals surface area contributed by atoms with Gasteiger partial charge in [-0.1, -0.05) is 18.2 Å². The van der Waals surface area contributed by atoms with Crippen LogP contribution in [0.3, 0.4) is 0 Å². The number of halogens is 3. The molecule has 128 valence electrons. The van der Waals surface area contributed by atoms with Crippen LogP contribution in [-0.4, -0.2) is 9.97 Å². The molecular formula is C15H8F3N3O2S2. The number of nitriles is 1. The van der Waals surface area contributed by atoms with E-state index in [1.165, 1.54) is 18.2 Å². The van der Waals surface area contributed by atoms with Crippen molar-refractivity contribution in [2.24, 2.45) is 0 Å². The van der Waals surface area contributed by atoms with Crippen LogP contribution in [0.2, 0.25) is 0 Å². The quantitative estimate of drug-likeness (QED) is 0.678. The molecule has 0 amide bonds. The molecular weight excluding hydrogens is 375 g/mol. The van der Waals surface area contributed by atoms with Gasteiger partial charge in [0.25, 0.3) is 5.56 Å². The highest BCUT2D eigenvalue weighted by atomic mass is 32.2. The lowest BCUT2D eigenvalue weighted by atomic mass is 10.1. The summed E-state index contributed by atoms with van der Waals surface area (Å²) in [4.78, 5) is 27.6. The second-order valence-corrected chi connectivity index (χ2v) is 7.20. The predicted molar refractivity (Wildman–Crippen MR) is 88.8 cm³/mol. The Labute approximate surface area is 146 Å². The topological polar surface area (TPSA) is 89.5 Å². The van der Waals surface area contributed by atoms with Crippen molar-refractivity contribution in [2.75, 3.05) is 0 Å². The molecule has 0 unspecified atom stereocenters. The van der Waals surface area contributed by atoms with Crippen LogP contribution in [-0.2, 0) is 11.9 Å². The first-order valence-corrected chi connectivity index (χ1v) is 8.58. The highest BCUT2D eigenvalue weighted by Gasteiger charge is 2.32. The minimum Gasteiger partial charge on any atom is -0.305 e. The first-order chi connectivity index (χ1) is 11.8. The number of H-pyrrole nitrogens is 2. The number of nitrogens with zero attached hydrogens (tertiary/aromatic N) is 1. The summed E-state index contributed by atoms with van der Waals surface area (Å²) in [5, 5.41) is 9.30. The number of hydrogen-bond donors (Lipinski definition) is 2. The van der Waals surface area contributed by atoms with Gasteiger partial charge in [-0.2, -0.15) is 18.4 Å². The Bertz CT molecular complexity index is 1110. The summed E-state index contributed by atoms with van der Waals surface area (Å²) in [6.45, 7) is 0. The number of fused-ring (bicyclic) bond motifs is 1. The fourth-order valence-electron chi connectivity index (χ4n) is 2.26. The molecule has 2 N–H and O–H groups in total. The van der Waals surface area contributed by atoms with E-state index < -0.39 is 23.0 Å². The molecule has 0 aliphatic rings. The monoisotopic (exact) mass is 383 g/mol. The molecule has 0 spiro atoms. The Morgan fingerprint density at radius 3 is 2.60 bits per heavy atom. The molecule has 0 aliphatic heterocycles. The summed E-state index contributed by atoms with van der Waals surface area (Å²) in [6.07, 6.45) is -4.47. The van der Waals surface area contributed by atoms with Crippen molar-refractivity contribution in [1.82, 2.24) is 9.97 Å². The van der Waals surface area contributed by atoms with E-state index in [0.717, 1.165) is 29.2 Å². The van der Waals surface area contributed by atoms with Crippen LogP contribution in [0.1, 0.15) is 16.7 Å². The van der Waals surface area contributed by atoms with Crippen molar-refractivity contribution in [3.8, 4) is 6.07 Å². The summed E-state index contributed by atoms with van der Waals surface area (Å²) in [5.74, 6) is -0.0285. The van der Waals surface area contributed by atoms with Crippen LogP contribution in [0.25, 0.3) is 10.2 Å². The molecule has 2 heterocycles. The van der Waals surface area contributed by atoms with E-state index >= 15 is 0 Å². The van der Waals surface area contributed by atoms with Gasteiger partial charge in [-0.3, -0.25) is 9.78 Å². The number of rotatable bonds is 3. The standard InChI is InChI=1S/C15H8F3N3O2S2/c16-15(17,18)9-4-2-1-3-7(9)6-24-13-8(5-19)10-11(25-13)12(22)21-14(23)20-10/h1-4H,6H2,(H2,20,21,22,23). The largest absolute Gasteiger partial charge is 0.416 e. The fraction of sp³-hybridized carbons (Fsp3) is 0.133. The maximum atomic E-state index is 13.0. The van der Waals surface area contributed by atoms with Gasteiger partial charge in [0.15, 0.2) is 0 Å². The van der Waals surface area contributed by atoms with Crippen LogP contribution in [0.4, 0.5) is 13.2 Å². The summed E-state index contributed by atoms with van der Waals surface area (Å²) < 4.78 is 39.7. The molecule has 0 saturated carbocycles. The fourth-order valence-corrected chi connectivity index (χ4v) is 4.59. The molecule has 0 aliphatic carbocycles. The molecule has 3 rings (SSSR count). The average molecular weight is 383 g/mol. The maximum absolute atomic E-state index is 13.0. The third-order valence-electron chi connectivity index (χ3n) is 3.34. The summed E-state index contributed by atoms with van der Waals surface area (Å²) in [5.41, 5.74) is -1.86. The van der Waals surface area contributed by atoms with Crippen LogP contribution in [0.15, 0.2) is 38.1 Å². The molecule has 0 bridgehead atoms. The minimum atomic E-state index is -4.47. The van der Waals surface area contributed by atoms with Gasteiger partial charge in [0.2, 0.25) is 0 Å². The third-order valence-corrected chi connectivity index (χ3v) is 5.85. The van der Waals surface area contributed by atoms with Gasteiger partial charge in [0.1, 0.15) is 16.3 Å². The zero-order valence-electron chi connectivity index (χ0n) is 12.2. The number of thioether (sulfide) groups is 1. The van der Waals surface area contributed by atoms with Gasteiger partial charge in [0.05, 0.1) is 15.3 Å². The van der Waals surface area contributed by atoms with E-state index in [-0.39, 0.29) is 27.1 Å². The maximum Gasteiger partial charge on any atom is 0.416 e. The lowest BCUT2D eigenvalue weighted by molar-refractivity contribution is -0.138. The molecule has 2 aromatic heterocycles. The second-order valence-electron chi connectivity index (χ2n) is 4.93. The summed E-state index contributed by atoms with van der Waals surface area (Å²) in [6, 6.07) is 7.07. The zero-order chi connectivity index (χ0) is 18.2. The smallest absolute Gasteiger partial charge is 0.305 e. The first-order valence-electron chi connectivity index (χ1n) is 6.78. The van der Waals surface area contributed by atoms with Gasteiger partial charge < -0.3 is 4.98 Å². The molecule has 0 atom stereocenters. The average Bonchev–Trinajstić information content (AvgIpc) is 2.90. The Morgan fingerprint density at radius 2 is 1.92 bits per heavy atom. The van der Waals surface area contributed by atoms with E-state index in [2.05, 4.69) is 9.97 Å². The Kier molecular flexibility index (Phi) is 4.45. The molecule has 25 heavy (non-hydrogen) atoms. The number of thiophene rings is 1. The van der Waals surface area contributed by atoms with Gasteiger partial charge in [-0.25, -0.2) is 4.79 Å². The highest BCUT2D eigenvalue weighted by Crippen LogP contribution is 2.39. The minimum absolute atomic E-state index is 0.0285. The Morgan fingerprint density at radius 1 is 1.20 bits per heavy atom. The number of alkyl halides is 3. The molecule has 3 aromatic rings. The normalized spacial score (nSPS) is 11.6. The van der Waals surface area contributed by atoms with Gasteiger partial charge >= 0.3 is 11.9 Å². The van der Waals surface area contributed by atoms with E-state index in [4.69, 9.17) is 0 Å². The molecule has 0 fully saturated rings. The molecule has 0 saturated heterocycles. The third kappa shape index (κ3) is 3.33. The van der Waals surface area contributed by atoms with Crippen molar-refractivity contribution >= 4 is 33.3 Å². The van der Waals surface area contributed by atoms with Gasteiger partial charge in [-0.15, -0.1) is 23.1 Å². The number of aromatic amines is 2. The highest BCUT2D eigenvalue weighted by molar-refractivity contribution is 8.00. The van der Waals surface area contributed by atoms with Crippen molar-refractivity contribution in [3.63, 3.8) is 0 Å². The van der Waals surface area contributed by atoms with Crippen molar-refractivity contribution in [1.29, 1.82) is 5.26 Å². The van der Waals surface area contributed by atoms with Gasteiger partial charge in [0, 0.05) is 5.75 Å². The molecule has 0 radical (unpaired) electrons. The SMILES string of the molecule is N#Cc1c(SCc2ccccc2C(F)(F)F)sc2c(=O)[nH]c(=O)[nH]c12. The molecule has 10 heteroatoms. The van der Waals surface area contributed by atoms with Crippen LogP contribution >= 0.6 is 23.1 Å². The van der Waals surface area contributed by atoms with E-state index in [9.17, 15) is 28.0 Å². The van der Waals surface area contributed by atoms with Crippen molar-refractivity contribution in [2.45, 2.75) is 16.1 Å². The van der Waals surface area contributed by atoms with Crippen LogP contribution in [0.5, 0.6) is 0 Å². The zero-order valence-corrected chi connectivity index (χ0v) is 13.9. The van der Waals surface area contributed by atoms with Gasteiger partial charge in [-0.05, 0) is 11.6 Å². The van der Waals surface area contributed by atoms with E-state index in [0.29, 0.717) is 4.21 Å². The second kappa shape index (κ2) is 6.42. The van der Waals surface area contributed by atoms with Crippen LogP contribution < -0.4 is 11.2 Å². The van der Waals surface area contributed by atoms with Crippen molar-refractivity contribution in [3.05, 3.63) is 61.8 Å². The number of nitrogens with one attached hydrogen (secondary N) is 2. The van der Waals surface area contributed by atoms with Crippen LogP contribution in [0, 0.1) is 11.3 Å². The lowest BCUT2D eigenvalue weighted by Gasteiger charge is -2.11. The van der Waals surface area contributed by atoms with E-state index in [1.54, 1.807) is 0 Å². The summed E-state index contributed by atoms with van der Waals surface area (Å²) >= 11 is 1.98. The number of aromatic nitrogens is 2.